The van der Waals surface area contributed by atoms with Crippen LogP contribution in [0.4, 0.5) is 4.39 Å². The van der Waals surface area contributed by atoms with E-state index in [4.69, 9.17) is 0 Å². The molecule has 7 heteroatoms. The van der Waals surface area contributed by atoms with Gasteiger partial charge in [-0.05, 0) is 29.1 Å². The summed E-state index contributed by atoms with van der Waals surface area (Å²) in [6, 6.07) is 11.7. The molecule has 0 saturated heterocycles. The first-order valence-corrected chi connectivity index (χ1v) is 8.25. The quantitative estimate of drug-likeness (QED) is 0.737. The molecular weight excluding hydrogens is 331 g/mol. The molecule has 0 aliphatic rings. The van der Waals surface area contributed by atoms with Crippen LogP contribution in [-0.2, 0) is 24.9 Å². The molecule has 0 bridgehead atoms. The number of aromatic nitrogens is 1. The van der Waals surface area contributed by atoms with Crippen molar-refractivity contribution in [3.8, 4) is 11.1 Å². The van der Waals surface area contributed by atoms with Crippen LogP contribution in [0.3, 0.4) is 0 Å². The zero-order chi connectivity index (χ0) is 17.3. The Kier molecular flexibility index (Phi) is 4.57. The van der Waals surface area contributed by atoms with Gasteiger partial charge in [-0.1, -0.05) is 24.3 Å². The average Bonchev–Trinajstić information content (AvgIpc) is 2.57. The number of aryl methyl sites for hydroxylation is 1. The molecule has 24 heavy (non-hydrogen) atoms. The molecule has 0 aliphatic carbocycles. The first-order chi connectivity index (χ1) is 11.5. The molecule has 1 unspecified atom stereocenters. The van der Waals surface area contributed by atoms with Gasteiger partial charge in [-0.15, -0.1) is 0 Å². The molecule has 1 N–H and O–H groups in total. The lowest BCUT2D eigenvalue weighted by Crippen LogP contribution is -2.17. The lowest BCUT2D eigenvalue weighted by Gasteiger charge is -2.12. The number of benzene rings is 2. The topological polar surface area (TPSA) is 74.2 Å². The molecule has 5 nitrogen and oxygen atoms in total. The number of nitrogens with zero attached hydrogens (tertiary/aromatic N) is 1. The fraction of sp³-hybridized carbons (Fsp3) is 0.118. The van der Waals surface area contributed by atoms with Crippen molar-refractivity contribution in [2.75, 3.05) is 0 Å². The largest absolute Gasteiger partial charge is 0.760 e. The average molecular weight is 345 g/mol. The Balaban J connectivity index is 2.18. The summed E-state index contributed by atoms with van der Waals surface area (Å²) >= 11 is -2.47. The Hall–Kier alpha value is -2.35. The van der Waals surface area contributed by atoms with E-state index < -0.39 is 17.1 Å². The van der Waals surface area contributed by atoms with Crippen molar-refractivity contribution in [3.05, 3.63) is 70.4 Å². The number of hydrogen-bond acceptors (Lipinski definition) is 3. The van der Waals surface area contributed by atoms with Gasteiger partial charge in [0.1, 0.15) is 5.82 Å². The van der Waals surface area contributed by atoms with Crippen LogP contribution < -0.4 is 10.3 Å². The second-order valence-electron chi connectivity index (χ2n) is 5.37. The summed E-state index contributed by atoms with van der Waals surface area (Å²) in [6.07, 6.45) is 1.70. The molecule has 0 fully saturated rings. The van der Waals surface area contributed by atoms with E-state index in [0.29, 0.717) is 10.9 Å². The van der Waals surface area contributed by atoms with Crippen LogP contribution >= 0.6 is 0 Å². The maximum Gasteiger partial charge on any atom is 0.258 e. The van der Waals surface area contributed by atoms with Crippen LogP contribution in [0.15, 0.2) is 53.5 Å². The molecule has 0 radical (unpaired) electrons. The molecule has 1 atom stereocenters. The van der Waals surface area contributed by atoms with Crippen molar-refractivity contribution in [3.63, 3.8) is 0 Å². The van der Waals surface area contributed by atoms with E-state index >= 15 is 0 Å². The van der Waals surface area contributed by atoms with Gasteiger partial charge >= 0.3 is 0 Å². The van der Waals surface area contributed by atoms with Gasteiger partial charge in [0.2, 0.25) is 0 Å². The highest BCUT2D eigenvalue weighted by molar-refractivity contribution is 7.77. The number of fused-ring (bicyclic) bond motifs is 1. The zero-order valence-corrected chi connectivity index (χ0v) is 13.6. The van der Waals surface area contributed by atoms with Crippen molar-refractivity contribution in [2.24, 2.45) is 7.05 Å². The molecule has 3 rings (SSSR count). The number of halogens is 1. The fourth-order valence-corrected chi connectivity index (χ4v) is 2.93. The smallest absolute Gasteiger partial charge is 0.258 e. The van der Waals surface area contributed by atoms with Gasteiger partial charge in [-0.2, -0.15) is 0 Å². The molecule has 2 aromatic carbocycles. The normalized spacial score (nSPS) is 12.5. The minimum atomic E-state index is -2.47. The monoisotopic (exact) mass is 345 g/mol. The van der Waals surface area contributed by atoms with Gasteiger partial charge in [0, 0.05) is 47.6 Å². The maximum absolute atomic E-state index is 13.9. The highest BCUT2D eigenvalue weighted by Crippen LogP contribution is 2.28. The third-order valence-electron chi connectivity index (χ3n) is 3.83. The number of rotatable bonds is 4. The van der Waals surface area contributed by atoms with Gasteiger partial charge in [0.25, 0.3) is 5.56 Å². The highest BCUT2D eigenvalue weighted by atomic mass is 32.2. The Labute approximate surface area is 140 Å². The van der Waals surface area contributed by atoms with E-state index in [1.165, 1.54) is 10.6 Å². The summed E-state index contributed by atoms with van der Waals surface area (Å²) in [7, 11) is 1.66. The van der Waals surface area contributed by atoms with Crippen LogP contribution in [0.2, 0.25) is 0 Å². The summed E-state index contributed by atoms with van der Waals surface area (Å²) in [6.45, 7) is -0.139. The summed E-state index contributed by atoms with van der Waals surface area (Å²) < 4.78 is 38.8. The fourth-order valence-electron chi connectivity index (χ4n) is 2.66. The Morgan fingerprint density at radius 3 is 2.62 bits per heavy atom. The van der Waals surface area contributed by atoms with Gasteiger partial charge in [0.15, 0.2) is 0 Å². The van der Waals surface area contributed by atoms with Crippen LogP contribution in [0, 0.1) is 5.82 Å². The zero-order valence-electron chi connectivity index (χ0n) is 12.8. The molecular formula is C17H14FN2O3S-. The predicted molar refractivity (Wildman–Crippen MR) is 90.3 cm³/mol. The van der Waals surface area contributed by atoms with Crippen molar-refractivity contribution in [2.45, 2.75) is 6.54 Å². The second kappa shape index (κ2) is 6.64. The lowest BCUT2D eigenvalue weighted by atomic mass is 9.99. The lowest BCUT2D eigenvalue weighted by molar-refractivity contribution is 0.520. The van der Waals surface area contributed by atoms with Gasteiger partial charge in [-0.25, -0.2) is 9.11 Å². The minimum absolute atomic E-state index is 0.111. The third-order valence-corrected chi connectivity index (χ3v) is 4.21. The molecule has 0 spiro atoms. The molecule has 1 aromatic heterocycles. The van der Waals surface area contributed by atoms with Crippen molar-refractivity contribution >= 4 is 22.0 Å². The van der Waals surface area contributed by atoms with E-state index in [1.807, 2.05) is 12.1 Å². The van der Waals surface area contributed by atoms with Gasteiger partial charge < -0.3 is 9.12 Å². The number of pyridine rings is 1. The van der Waals surface area contributed by atoms with E-state index in [2.05, 4.69) is 4.72 Å². The predicted octanol–water partition coefficient (Wildman–Crippen LogP) is 2.23. The summed E-state index contributed by atoms with van der Waals surface area (Å²) in [5.74, 6) is -0.495. The SMILES string of the molecule is Cn1cc(-c2ccc(F)c(CNS(=O)[O-])c2)c2ccccc2c1=O. The molecule has 124 valence electrons. The van der Waals surface area contributed by atoms with Gasteiger partial charge in [-0.3, -0.25) is 9.00 Å². The Morgan fingerprint density at radius 1 is 1.21 bits per heavy atom. The van der Waals surface area contributed by atoms with Crippen molar-refractivity contribution < 1.29 is 13.2 Å². The number of nitrogens with one attached hydrogen (secondary N) is 1. The maximum atomic E-state index is 13.9. The third kappa shape index (κ3) is 3.14. The first kappa shape index (κ1) is 16.5. The first-order valence-electron chi connectivity index (χ1n) is 7.17. The molecule has 0 aliphatic heterocycles. The molecule has 0 amide bonds. The van der Waals surface area contributed by atoms with Crippen LogP contribution in [-0.4, -0.2) is 13.3 Å². The van der Waals surface area contributed by atoms with E-state index in [9.17, 15) is 17.9 Å². The standard InChI is InChI=1S/C17H15FN2O3S/c1-20-10-15(13-4-2-3-5-14(13)17(20)21)11-6-7-16(18)12(8-11)9-19-24(22)23/h2-8,10,19H,9H2,1H3,(H,22,23)/p-1. The van der Waals surface area contributed by atoms with E-state index in [-0.39, 0.29) is 17.7 Å². The van der Waals surface area contributed by atoms with Crippen LogP contribution in [0.25, 0.3) is 21.9 Å². The number of hydrogen-bond donors (Lipinski definition) is 1. The second-order valence-corrected chi connectivity index (χ2v) is 6.12. The molecule has 3 aromatic rings. The summed E-state index contributed by atoms with van der Waals surface area (Å²) in [5, 5.41) is 1.33. The van der Waals surface area contributed by atoms with E-state index in [1.54, 1.807) is 37.5 Å². The van der Waals surface area contributed by atoms with Gasteiger partial charge in [0.05, 0.1) is 0 Å². The summed E-state index contributed by atoms with van der Waals surface area (Å²) in [5.41, 5.74) is 1.60. The van der Waals surface area contributed by atoms with E-state index in [0.717, 1.165) is 10.9 Å². The molecule has 1 heterocycles. The Bertz CT molecular complexity index is 1000. The van der Waals surface area contributed by atoms with Crippen molar-refractivity contribution in [1.82, 2.24) is 9.29 Å². The minimum Gasteiger partial charge on any atom is -0.760 e. The highest BCUT2D eigenvalue weighted by Gasteiger charge is 2.11. The van der Waals surface area contributed by atoms with Crippen LogP contribution in [0.1, 0.15) is 5.56 Å². The Morgan fingerprint density at radius 2 is 1.92 bits per heavy atom. The van der Waals surface area contributed by atoms with Crippen LogP contribution in [0.5, 0.6) is 0 Å². The van der Waals surface area contributed by atoms with Crippen molar-refractivity contribution in [1.29, 1.82) is 0 Å². The summed E-state index contributed by atoms with van der Waals surface area (Å²) in [4.78, 5) is 12.2. The molecule has 0 saturated carbocycles.